The maximum atomic E-state index is 12.3. The minimum atomic E-state index is -3.81. The Balaban J connectivity index is 2.88. The zero-order chi connectivity index (χ0) is 16.3. The lowest BCUT2D eigenvalue weighted by Crippen LogP contribution is -2.45. The molecule has 1 aromatic rings. The third-order valence-corrected chi connectivity index (χ3v) is 3.97. The van der Waals surface area contributed by atoms with Gasteiger partial charge in [0.1, 0.15) is 10.6 Å². The standard InChI is InChI=1S/C14H22N2O4S/c1-10-6-7-11(20-5)12(8-10)21(18,19)15-9-13(17)16-14(2,3)4/h6-8,15H,9H2,1-5H3,(H,16,17). The average molecular weight is 314 g/mol. The summed E-state index contributed by atoms with van der Waals surface area (Å²) in [6, 6.07) is 4.84. The third-order valence-electron chi connectivity index (χ3n) is 2.55. The summed E-state index contributed by atoms with van der Waals surface area (Å²) in [6.45, 7) is 6.93. The molecule has 7 heteroatoms. The van der Waals surface area contributed by atoms with Crippen LogP contribution in [0.25, 0.3) is 0 Å². The molecule has 0 atom stereocenters. The molecule has 0 aliphatic rings. The van der Waals surface area contributed by atoms with Crippen LogP contribution in [0.15, 0.2) is 23.1 Å². The van der Waals surface area contributed by atoms with E-state index in [0.717, 1.165) is 5.56 Å². The minimum absolute atomic E-state index is 0.0218. The predicted molar refractivity (Wildman–Crippen MR) is 80.8 cm³/mol. The summed E-state index contributed by atoms with van der Waals surface area (Å²) in [6.07, 6.45) is 0. The Morgan fingerprint density at radius 1 is 1.29 bits per heavy atom. The quantitative estimate of drug-likeness (QED) is 0.855. The van der Waals surface area contributed by atoms with Gasteiger partial charge >= 0.3 is 0 Å². The van der Waals surface area contributed by atoms with Crippen LogP contribution < -0.4 is 14.8 Å². The molecule has 2 N–H and O–H groups in total. The average Bonchev–Trinajstić information content (AvgIpc) is 2.34. The van der Waals surface area contributed by atoms with E-state index in [1.54, 1.807) is 19.1 Å². The second kappa shape index (κ2) is 6.44. The topological polar surface area (TPSA) is 84.5 Å². The van der Waals surface area contributed by atoms with E-state index in [4.69, 9.17) is 4.74 Å². The van der Waals surface area contributed by atoms with Crippen LogP contribution in [-0.2, 0) is 14.8 Å². The van der Waals surface area contributed by atoms with Crippen molar-refractivity contribution in [3.05, 3.63) is 23.8 Å². The van der Waals surface area contributed by atoms with Gasteiger partial charge in [0.05, 0.1) is 13.7 Å². The fourth-order valence-corrected chi connectivity index (χ4v) is 2.93. The van der Waals surface area contributed by atoms with Crippen LogP contribution in [0.5, 0.6) is 5.75 Å². The molecule has 1 aromatic carbocycles. The molecule has 0 fully saturated rings. The van der Waals surface area contributed by atoms with Crippen LogP contribution in [0.4, 0.5) is 0 Å². The van der Waals surface area contributed by atoms with Crippen molar-refractivity contribution in [2.45, 2.75) is 38.1 Å². The number of nitrogens with one attached hydrogen (secondary N) is 2. The third kappa shape index (κ3) is 5.35. The first-order valence-electron chi connectivity index (χ1n) is 6.50. The highest BCUT2D eigenvalue weighted by molar-refractivity contribution is 7.89. The molecule has 0 bridgehead atoms. The van der Waals surface area contributed by atoms with E-state index in [1.165, 1.54) is 13.2 Å². The van der Waals surface area contributed by atoms with Crippen molar-refractivity contribution in [2.24, 2.45) is 0 Å². The van der Waals surface area contributed by atoms with Crippen molar-refractivity contribution in [3.63, 3.8) is 0 Å². The number of aryl methyl sites for hydroxylation is 1. The van der Waals surface area contributed by atoms with Gasteiger partial charge < -0.3 is 10.1 Å². The van der Waals surface area contributed by atoms with E-state index in [2.05, 4.69) is 10.0 Å². The van der Waals surface area contributed by atoms with Crippen molar-refractivity contribution in [3.8, 4) is 5.75 Å². The summed E-state index contributed by atoms with van der Waals surface area (Å²) in [5.74, 6) is -0.151. The van der Waals surface area contributed by atoms with Gasteiger partial charge in [0, 0.05) is 5.54 Å². The summed E-state index contributed by atoms with van der Waals surface area (Å²) in [7, 11) is -2.41. The molecule has 0 saturated heterocycles. The Morgan fingerprint density at radius 2 is 1.90 bits per heavy atom. The fraction of sp³-hybridized carbons (Fsp3) is 0.500. The van der Waals surface area contributed by atoms with Crippen LogP contribution in [0.2, 0.25) is 0 Å². The Labute approximate surface area is 125 Å². The molecule has 0 heterocycles. The molecule has 0 spiro atoms. The van der Waals surface area contributed by atoms with E-state index in [9.17, 15) is 13.2 Å². The second-order valence-electron chi connectivity index (χ2n) is 5.78. The molecule has 0 aromatic heterocycles. The van der Waals surface area contributed by atoms with Crippen molar-refractivity contribution in [1.29, 1.82) is 0 Å². The Hall–Kier alpha value is -1.60. The molecule has 0 radical (unpaired) electrons. The van der Waals surface area contributed by atoms with Crippen LogP contribution in [0, 0.1) is 6.92 Å². The SMILES string of the molecule is COc1ccc(C)cc1S(=O)(=O)NCC(=O)NC(C)(C)C. The summed E-state index contributed by atoms with van der Waals surface area (Å²) in [4.78, 5) is 11.7. The largest absolute Gasteiger partial charge is 0.495 e. The predicted octanol–water partition coefficient (Wildman–Crippen LogP) is 1.20. The van der Waals surface area contributed by atoms with Crippen molar-refractivity contribution >= 4 is 15.9 Å². The van der Waals surface area contributed by atoms with Crippen LogP contribution in [-0.4, -0.2) is 33.5 Å². The number of amides is 1. The Bertz CT molecular complexity index is 618. The molecular weight excluding hydrogens is 292 g/mol. The van der Waals surface area contributed by atoms with Gasteiger partial charge in [-0.2, -0.15) is 0 Å². The van der Waals surface area contributed by atoms with Gasteiger partial charge in [0.25, 0.3) is 0 Å². The molecule has 0 unspecified atom stereocenters. The molecule has 0 saturated carbocycles. The normalized spacial score (nSPS) is 12.0. The zero-order valence-electron chi connectivity index (χ0n) is 13.0. The monoisotopic (exact) mass is 314 g/mol. The van der Waals surface area contributed by atoms with Gasteiger partial charge in [0.2, 0.25) is 15.9 Å². The first kappa shape index (κ1) is 17.5. The number of rotatable bonds is 5. The minimum Gasteiger partial charge on any atom is -0.495 e. The number of hydrogen-bond donors (Lipinski definition) is 2. The van der Waals surface area contributed by atoms with Gasteiger partial charge in [-0.25, -0.2) is 13.1 Å². The van der Waals surface area contributed by atoms with Gasteiger partial charge in [-0.15, -0.1) is 0 Å². The van der Waals surface area contributed by atoms with Gasteiger partial charge in [-0.3, -0.25) is 4.79 Å². The smallest absolute Gasteiger partial charge is 0.244 e. The number of carbonyl (C=O) groups excluding carboxylic acids is 1. The number of carbonyl (C=O) groups is 1. The lowest BCUT2D eigenvalue weighted by Gasteiger charge is -2.20. The van der Waals surface area contributed by atoms with Crippen LogP contribution in [0.1, 0.15) is 26.3 Å². The fourth-order valence-electron chi connectivity index (χ4n) is 1.69. The molecule has 1 amide bonds. The molecule has 1 rings (SSSR count). The molecule has 0 aliphatic carbocycles. The molecule has 21 heavy (non-hydrogen) atoms. The molecule has 6 nitrogen and oxygen atoms in total. The Kier molecular flexibility index (Phi) is 5.36. The lowest BCUT2D eigenvalue weighted by molar-refractivity contribution is -0.121. The van der Waals surface area contributed by atoms with Crippen molar-refractivity contribution in [2.75, 3.05) is 13.7 Å². The molecular formula is C14H22N2O4S. The highest BCUT2D eigenvalue weighted by atomic mass is 32.2. The number of sulfonamides is 1. The summed E-state index contributed by atoms with van der Waals surface area (Å²) < 4.78 is 31.9. The molecule has 0 aliphatic heterocycles. The van der Waals surface area contributed by atoms with E-state index < -0.39 is 21.5 Å². The van der Waals surface area contributed by atoms with Gasteiger partial charge in [0.15, 0.2) is 0 Å². The summed E-state index contributed by atoms with van der Waals surface area (Å²) in [5, 5.41) is 2.69. The number of ether oxygens (including phenoxy) is 1. The first-order valence-corrected chi connectivity index (χ1v) is 7.99. The van der Waals surface area contributed by atoms with Gasteiger partial charge in [-0.1, -0.05) is 6.07 Å². The highest BCUT2D eigenvalue weighted by Gasteiger charge is 2.21. The maximum Gasteiger partial charge on any atom is 0.244 e. The number of benzene rings is 1. The summed E-state index contributed by atoms with van der Waals surface area (Å²) in [5.41, 5.74) is 0.374. The number of hydrogen-bond acceptors (Lipinski definition) is 4. The summed E-state index contributed by atoms with van der Waals surface area (Å²) >= 11 is 0. The van der Waals surface area contributed by atoms with E-state index in [1.807, 2.05) is 20.8 Å². The zero-order valence-corrected chi connectivity index (χ0v) is 13.8. The molecule has 118 valence electrons. The van der Waals surface area contributed by atoms with Crippen molar-refractivity contribution in [1.82, 2.24) is 10.0 Å². The van der Waals surface area contributed by atoms with Crippen molar-refractivity contribution < 1.29 is 17.9 Å². The van der Waals surface area contributed by atoms with Crippen LogP contribution >= 0.6 is 0 Å². The van der Waals surface area contributed by atoms with Crippen LogP contribution in [0.3, 0.4) is 0 Å². The van der Waals surface area contributed by atoms with E-state index >= 15 is 0 Å². The van der Waals surface area contributed by atoms with E-state index in [-0.39, 0.29) is 17.2 Å². The first-order chi connectivity index (χ1) is 9.55. The number of methoxy groups -OCH3 is 1. The Morgan fingerprint density at radius 3 is 2.43 bits per heavy atom. The van der Waals surface area contributed by atoms with Gasteiger partial charge in [-0.05, 0) is 45.4 Å². The lowest BCUT2D eigenvalue weighted by atomic mass is 10.1. The van der Waals surface area contributed by atoms with E-state index in [0.29, 0.717) is 0 Å². The maximum absolute atomic E-state index is 12.3. The second-order valence-corrected chi connectivity index (χ2v) is 7.51. The highest BCUT2D eigenvalue weighted by Crippen LogP contribution is 2.24.